The van der Waals surface area contributed by atoms with E-state index in [1.807, 2.05) is 6.07 Å². The third-order valence-corrected chi connectivity index (χ3v) is 5.19. The number of carbonyl (C=O) groups excluding carboxylic acids is 3. The van der Waals surface area contributed by atoms with Gasteiger partial charge in [-0.05, 0) is 33.3 Å². The van der Waals surface area contributed by atoms with Crippen LogP contribution in [0.4, 0.5) is 10.5 Å². The van der Waals surface area contributed by atoms with Crippen molar-refractivity contribution in [3.63, 3.8) is 0 Å². The fourth-order valence-electron chi connectivity index (χ4n) is 3.61. The fraction of sp³-hybridized carbons (Fsp3) is 0.542. The standard InChI is InChI=1S/C24H33N5O7/c1-24(2,3)36-23(33)26-10-12-35-14-13-34-11-9-25-17-6-4-5-16-15-27-29(22(32)20(16)17)18-7-8-19(30)28-21(18)31/h4-6,15,18,25H,7-14H2,1-3H3,(H,26,33)(H,28,30,31). The van der Waals surface area contributed by atoms with E-state index in [9.17, 15) is 19.2 Å². The van der Waals surface area contributed by atoms with Crippen LogP contribution < -0.4 is 21.5 Å². The minimum atomic E-state index is -0.824. The molecule has 12 nitrogen and oxygen atoms in total. The molecule has 1 aliphatic heterocycles. The number of nitrogens with one attached hydrogen (secondary N) is 3. The van der Waals surface area contributed by atoms with Gasteiger partial charge in [-0.3, -0.25) is 19.7 Å². The summed E-state index contributed by atoms with van der Waals surface area (Å²) in [7, 11) is 0. The number of imide groups is 1. The molecule has 36 heavy (non-hydrogen) atoms. The van der Waals surface area contributed by atoms with Gasteiger partial charge in [-0.25, -0.2) is 9.48 Å². The molecule has 0 spiro atoms. The monoisotopic (exact) mass is 503 g/mol. The van der Waals surface area contributed by atoms with Crippen LogP contribution in [0.1, 0.15) is 39.7 Å². The molecule has 1 aromatic carbocycles. The summed E-state index contributed by atoms with van der Waals surface area (Å²) in [6.07, 6.45) is 1.44. The number of alkyl carbamates (subject to hydrolysis) is 1. The molecule has 0 aliphatic carbocycles. The maximum Gasteiger partial charge on any atom is 0.407 e. The number of fused-ring (bicyclic) bond motifs is 1. The molecule has 196 valence electrons. The first kappa shape index (κ1) is 27.1. The molecule has 12 heteroatoms. The van der Waals surface area contributed by atoms with Crippen molar-refractivity contribution in [1.29, 1.82) is 0 Å². The number of rotatable bonds is 11. The first-order valence-corrected chi connectivity index (χ1v) is 11.9. The highest BCUT2D eigenvalue weighted by molar-refractivity contribution is 5.99. The minimum absolute atomic E-state index is 0.157. The summed E-state index contributed by atoms with van der Waals surface area (Å²) in [5.41, 5.74) is -0.340. The number of anilines is 1. The second kappa shape index (κ2) is 12.5. The van der Waals surface area contributed by atoms with Crippen LogP contribution in [0.2, 0.25) is 0 Å². The van der Waals surface area contributed by atoms with E-state index in [1.54, 1.807) is 32.9 Å². The molecule has 3 amide bonds. The van der Waals surface area contributed by atoms with E-state index < -0.39 is 29.2 Å². The maximum atomic E-state index is 13.2. The molecule has 3 N–H and O–H groups in total. The van der Waals surface area contributed by atoms with Crippen LogP contribution in [0, 0.1) is 0 Å². The van der Waals surface area contributed by atoms with E-state index in [0.29, 0.717) is 56.0 Å². The summed E-state index contributed by atoms with van der Waals surface area (Å²) in [6, 6.07) is 4.53. The van der Waals surface area contributed by atoms with Gasteiger partial charge < -0.3 is 24.8 Å². The van der Waals surface area contributed by atoms with E-state index in [0.717, 1.165) is 4.68 Å². The largest absolute Gasteiger partial charge is 0.444 e. The number of benzene rings is 1. The Kier molecular flexibility index (Phi) is 9.37. The topological polar surface area (TPSA) is 150 Å². The van der Waals surface area contributed by atoms with E-state index in [-0.39, 0.29) is 18.7 Å². The van der Waals surface area contributed by atoms with Gasteiger partial charge in [0.1, 0.15) is 11.6 Å². The molecule has 1 atom stereocenters. The van der Waals surface area contributed by atoms with Crippen LogP contribution in [0.25, 0.3) is 10.8 Å². The number of nitrogens with zero attached hydrogens (tertiary/aromatic N) is 2. The Balaban J connectivity index is 1.42. The van der Waals surface area contributed by atoms with E-state index in [4.69, 9.17) is 14.2 Å². The highest BCUT2D eigenvalue weighted by atomic mass is 16.6. The normalized spacial score (nSPS) is 16.0. The Hall–Kier alpha value is -3.51. The van der Waals surface area contributed by atoms with Crippen molar-refractivity contribution in [2.24, 2.45) is 0 Å². The molecule has 0 bridgehead atoms. The average molecular weight is 504 g/mol. The Morgan fingerprint density at radius 3 is 2.53 bits per heavy atom. The van der Waals surface area contributed by atoms with Crippen molar-refractivity contribution < 1.29 is 28.6 Å². The molecule has 0 saturated carbocycles. The summed E-state index contributed by atoms with van der Waals surface area (Å²) in [6.45, 7) is 7.62. The van der Waals surface area contributed by atoms with Crippen molar-refractivity contribution in [3.8, 4) is 0 Å². The Labute approximate surface area is 208 Å². The molecule has 1 unspecified atom stereocenters. The van der Waals surface area contributed by atoms with E-state index >= 15 is 0 Å². The van der Waals surface area contributed by atoms with Gasteiger partial charge in [0, 0.05) is 30.6 Å². The van der Waals surface area contributed by atoms with Gasteiger partial charge in [-0.2, -0.15) is 5.10 Å². The van der Waals surface area contributed by atoms with Gasteiger partial charge in [0.15, 0.2) is 0 Å². The molecule has 1 fully saturated rings. The van der Waals surface area contributed by atoms with Crippen molar-refractivity contribution in [2.45, 2.75) is 45.3 Å². The van der Waals surface area contributed by atoms with Crippen LogP contribution in [-0.2, 0) is 23.8 Å². The lowest BCUT2D eigenvalue weighted by atomic mass is 10.1. The zero-order chi connectivity index (χ0) is 26.1. The van der Waals surface area contributed by atoms with Crippen molar-refractivity contribution >= 4 is 34.4 Å². The summed E-state index contributed by atoms with van der Waals surface area (Å²) in [5.74, 6) is -0.878. The number of hydrogen-bond acceptors (Lipinski definition) is 9. The Morgan fingerprint density at radius 2 is 1.83 bits per heavy atom. The lowest BCUT2D eigenvalue weighted by Gasteiger charge is -2.22. The van der Waals surface area contributed by atoms with Crippen LogP contribution in [0.3, 0.4) is 0 Å². The molecule has 2 aromatic rings. The number of ether oxygens (including phenoxy) is 3. The van der Waals surface area contributed by atoms with Gasteiger partial charge in [-0.15, -0.1) is 0 Å². The van der Waals surface area contributed by atoms with E-state index in [2.05, 4.69) is 21.0 Å². The van der Waals surface area contributed by atoms with Gasteiger partial charge in [0.05, 0.1) is 38.0 Å². The second-order valence-electron chi connectivity index (χ2n) is 9.21. The van der Waals surface area contributed by atoms with Crippen molar-refractivity contribution in [2.75, 3.05) is 44.8 Å². The summed E-state index contributed by atoms with van der Waals surface area (Å²) in [4.78, 5) is 48.3. The zero-order valence-corrected chi connectivity index (χ0v) is 20.8. The zero-order valence-electron chi connectivity index (χ0n) is 20.8. The number of hydrogen-bond donors (Lipinski definition) is 3. The van der Waals surface area contributed by atoms with Crippen LogP contribution in [0.5, 0.6) is 0 Å². The molecule has 1 saturated heterocycles. The maximum absolute atomic E-state index is 13.2. The smallest absolute Gasteiger partial charge is 0.407 e. The first-order valence-electron chi connectivity index (χ1n) is 11.9. The van der Waals surface area contributed by atoms with Crippen LogP contribution in [0.15, 0.2) is 29.2 Å². The molecule has 0 radical (unpaired) electrons. The average Bonchev–Trinajstić information content (AvgIpc) is 2.80. The van der Waals surface area contributed by atoms with Crippen LogP contribution >= 0.6 is 0 Å². The third-order valence-electron chi connectivity index (χ3n) is 5.19. The lowest BCUT2D eigenvalue weighted by Crippen LogP contribution is -2.45. The second-order valence-corrected chi connectivity index (χ2v) is 9.21. The van der Waals surface area contributed by atoms with Gasteiger partial charge >= 0.3 is 6.09 Å². The predicted molar refractivity (Wildman–Crippen MR) is 132 cm³/mol. The SMILES string of the molecule is CC(C)(C)OC(=O)NCCOCCOCCNc1cccc2cnn(C3CCC(=O)NC3=O)c(=O)c12. The molecular weight excluding hydrogens is 470 g/mol. The van der Waals surface area contributed by atoms with Gasteiger partial charge in [-0.1, -0.05) is 12.1 Å². The molecule has 1 aromatic heterocycles. The number of amides is 3. The molecular formula is C24H33N5O7. The fourth-order valence-corrected chi connectivity index (χ4v) is 3.61. The Bertz CT molecular complexity index is 1140. The summed E-state index contributed by atoms with van der Waals surface area (Å²) < 4.78 is 17.2. The van der Waals surface area contributed by atoms with Gasteiger partial charge in [0.25, 0.3) is 11.5 Å². The van der Waals surface area contributed by atoms with Crippen molar-refractivity contribution in [1.82, 2.24) is 20.4 Å². The molecule has 1 aliphatic rings. The summed E-state index contributed by atoms with van der Waals surface area (Å²) in [5, 5.41) is 13.3. The van der Waals surface area contributed by atoms with Gasteiger partial charge in [0.2, 0.25) is 5.91 Å². The number of piperidine rings is 1. The minimum Gasteiger partial charge on any atom is -0.444 e. The lowest BCUT2D eigenvalue weighted by molar-refractivity contribution is -0.136. The predicted octanol–water partition coefficient (Wildman–Crippen LogP) is 1.34. The highest BCUT2D eigenvalue weighted by Crippen LogP contribution is 2.21. The quantitative estimate of drug-likeness (QED) is 0.305. The van der Waals surface area contributed by atoms with Crippen molar-refractivity contribution in [3.05, 3.63) is 34.7 Å². The van der Waals surface area contributed by atoms with Crippen LogP contribution in [-0.4, -0.2) is 72.8 Å². The highest BCUT2D eigenvalue weighted by Gasteiger charge is 2.30. The van der Waals surface area contributed by atoms with E-state index in [1.165, 1.54) is 6.20 Å². The molecule has 2 heterocycles. The summed E-state index contributed by atoms with van der Waals surface area (Å²) >= 11 is 0. The Morgan fingerprint density at radius 1 is 1.11 bits per heavy atom. The third kappa shape index (κ3) is 7.75. The number of aromatic nitrogens is 2. The molecule has 3 rings (SSSR count). The first-order chi connectivity index (χ1) is 17.2. The number of carbonyl (C=O) groups is 3.